The summed E-state index contributed by atoms with van der Waals surface area (Å²) < 4.78 is 0. The highest BCUT2D eigenvalue weighted by Gasteiger charge is 2.28. The monoisotopic (exact) mass is 256 g/mol. The van der Waals surface area contributed by atoms with Crippen molar-refractivity contribution >= 4 is 5.97 Å². The number of carbonyl (C=O) groups is 1. The third-order valence-corrected chi connectivity index (χ3v) is 4.23. The van der Waals surface area contributed by atoms with Gasteiger partial charge in [-0.3, -0.25) is 4.79 Å². The summed E-state index contributed by atoms with van der Waals surface area (Å²) in [6.07, 6.45) is 3.96. The second-order valence-electron chi connectivity index (χ2n) is 6.25. The molecule has 4 nitrogen and oxygen atoms in total. The van der Waals surface area contributed by atoms with E-state index in [1.165, 1.54) is 12.8 Å². The molecule has 0 aromatic heterocycles. The highest BCUT2D eigenvalue weighted by molar-refractivity contribution is 5.77. The summed E-state index contributed by atoms with van der Waals surface area (Å²) in [7, 11) is 0. The van der Waals surface area contributed by atoms with Crippen LogP contribution >= 0.6 is 0 Å². The van der Waals surface area contributed by atoms with E-state index in [4.69, 9.17) is 10.8 Å². The second kappa shape index (κ2) is 6.53. The van der Waals surface area contributed by atoms with E-state index in [1.807, 2.05) is 0 Å². The Hall–Kier alpha value is -0.610. The van der Waals surface area contributed by atoms with Crippen molar-refractivity contribution in [1.29, 1.82) is 0 Å². The fourth-order valence-electron chi connectivity index (χ4n) is 2.62. The fourth-order valence-corrected chi connectivity index (χ4v) is 2.62. The minimum Gasteiger partial charge on any atom is -0.480 e. The average Bonchev–Trinajstić information content (AvgIpc) is 2.29. The van der Waals surface area contributed by atoms with Gasteiger partial charge in [0.05, 0.1) is 0 Å². The highest BCUT2D eigenvalue weighted by Crippen LogP contribution is 2.24. The van der Waals surface area contributed by atoms with E-state index >= 15 is 0 Å². The molecule has 1 saturated heterocycles. The van der Waals surface area contributed by atoms with Crippen LogP contribution in [0.15, 0.2) is 0 Å². The molecule has 0 bridgehead atoms. The first-order chi connectivity index (χ1) is 8.33. The Labute approximate surface area is 111 Å². The number of carboxylic acid groups (broad SMARTS) is 1. The Morgan fingerprint density at radius 2 is 2.00 bits per heavy atom. The minimum absolute atomic E-state index is 0.548. The molecule has 1 unspecified atom stereocenters. The minimum atomic E-state index is -1.07. The van der Waals surface area contributed by atoms with Crippen molar-refractivity contribution in [2.24, 2.45) is 17.6 Å². The quantitative estimate of drug-likeness (QED) is 0.762. The summed E-state index contributed by atoms with van der Waals surface area (Å²) in [6, 6.07) is 0. The molecule has 4 heteroatoms. The molecule has 0 aromatic carbocycles. The van der Waals surface area contributed by atoms with Gasteiger partial charge in [-0.25, -0.2) is 0 Å². The number of nitrogens with zero attached hydrogens (tertiary/aromatic N) is 1. The fraction of sp³-hybridized carbons (Fsp3) is 0.929. The lowest BCUT2D eigenvalue weighted by Crippen LogP contribution is -2.45. The first-order valence-corrected chi connectivity index (χ1v) is 7.07. The molecule has 0 aromatic rings. The Kier molecular flexibility index (Phi) is 5.60. The van der Waals surface area contributed by atoms with Crippen LogP contribution in [-0.2, 0) is 4.79 Å². The van der Waals surface area contributed by atoms with Crippen molar-refractivity contribution < 1.29 is 9.90 Å². The number of hydrogen-bond donors (Lipinski definition) is 2. The van der Waals surface area contributed by atoms with Gasteiger partial charge >= 0.3 is 5.97 Å². The lowest BCUT2D eigenvalue weighted by atomic mass is 9.86. The van der Waals surface area contributed by atoms with Crippen molar-refractivity contribution in [3.05, 3.63) is 0 Å². The van der Waals surface area contributed by atoms with Crippen LogP contribution in [0.25, 0.3) is 0 Å². The zero-order valence-corrected chi connectivity index (χ0v) is 12.0. The van der Waals surface area contributed by atoms with Crippen LogP contribution in [0.2, 0.25) is 0 Å². The molecule has 1 rings (SSSR count). The van der Waals surface area contributed by atoms with Crippen LogP contribution in [0.5, 0.6) is 0 Å². The Bertz CT molecular complexity index is 269. The molecular formula is C14H28N2O2. The van der Waals surface area contributed by atoms with Gasteiger partial charge in [0, 0.05) is 0 Å². The van der Waals surface area contributed by atoms with E-state index in [-0.39, 0.29) is 0 Å². The van der Waals surface area contributed by atoms with E-state index in [2.05, 4.69) is 18.7 Å². The SMILES string of the molecule is CC(C)C1CCN(CCCC(C)(N)C(=O)O)CC1. The zero-order valence-electron chi connectivity index (χ0n) is 12.0. The largest absolute Gasteiger partial charge is 0.480 e. The van der Waals surface area contributed by atoms with Gasteiger partial charge < -0.3 is 15.7 Å². The molecule has 0 radical (unpaired) electrons. The van der Waals surface area contributed by atoms with E-state index in [1.54, 1.807) is 6.92 Å². The van der Waals surface area contributed by atoms with E-state index in [0.717, 1.165) is 37.9 Å². The van der Waals surface area contributed by atoms with Crippen LogP contribution in [0.3, 0.4) is 0 Å². The molecular weight excluding hydrogens is 228 g/mol. The van der Waals surface area contributed by atoms with Gasteiger partial charge in [0.25, 0.3) is 0 Å². The third kappa shape index (κ3) is 4.58. The first-order valence-electron chi connectivity index (χ1n) is 7.07. The lowest BCUT2D eigenvalue weighted by Gasteiger charge is -2.34. The van der Waals surface area contributed by atoms with Crippen LogP contribution in [-0.4, -0.2) is 41.1 Å². The number of aliphatic carboxylic acids is 1. The average molecular weight is 256 g/mol. The van der Waals surface area contributed by atoms with Crippen molar-refractivity contribution in [2.75, 3.05) is 19.6 Å². The summed E-state index contributed by atoms with van der Waals surface area (Å²) >= 11 is 0. The molecule has 1 atom stereocenters. The van der Waals surface area contributed by atoms with Gasteiger partial charge in [-0.05, 0) is 64.1 Å². The van der Waals surface area contributed by atoms with Crippen molar-refractivity contribution in [2.45, 2.75) is 52.0 Å². The molecule has 1 fully saturated rings. The second-order valence-corrected chi connectivity index (χ2v) is 6.25. The van der Waals surface area contributed by atoms with E-state index < -0.39 is 11.5 Å². The van der Waals surface area contributed by atoms with E-state index in [0.29, 0.717) is 6.42 Å². The first kappa shape index (κ1) is 15.4. The van der Waals surface area contributed by atoms with Crippen LogP contribution in [0, 0.1) is 11.8 Å². The van der Waals surface area contributed by atoms with Gasteiger partial charge in [-0.1, -0.05) is 13.8 Å². The molecule has 0 saturated carbocycles. The maximum Gasteiger partial charge on any atom is 0.323 e. The van der Waals surface area contributed by atoms with Crippen molar-refractivity contribution in [1.82, 2.24) is 4.90 Å². The van der Waals surface area contributed by atoms with Crippen LogP contribution in [0.1, 0.15) is 46.5 Å². The molecule has 0 amide bonds. The Morgan fingerprint density at radius 1 is 1.44 bits per heavy atom. The summed E-state index contributed by atoms with van der Waals surface area (Å²) in [4.78, 5) is 13.3. The lowest BCUT2D eigenvalue weighted by molar-refractivity contribution is -0.142. The maximum absolute atomic E-state index is 10.9. The number of hydrogen-bond acceptors (Lipinski definition) is 3. The number of carboxylic acids is 1. The summed E-state index contributed by atoms with van der Waals surface area (Å²) in [6.45, 7) is 9.47. The molecule has 0 aliphatic carbocycles. The molecule has 0 spiro atoms. The van der Waals surface area contributed by atoms with Gasteiger partial charge in [0.15, 0.2) is 0 Å². The standard InChI is InChI=1S/C14H28N2O2/c1-11(2)12-5-9-16(10-6-12)8-4-7-14(3,15)13(17)18/h11-12H,4-10,15H2,1-3H3,(H,17,18). The van der Waals surface area contributed by atoms with Gasteiger partial charge in [-0.15, -0.1) is 0 Å². The highest BCUT2D eigenvalue weighted by atomic mass is 16.4. The predicted octanol–water partition coefficient (Wildman–Crippen LogP) is 1.94. The van der Waals surface area contributed by atoms with Crippen LogP contribution in [0.4, 0.5) is 0 Å². The Balaban J connectivity index is 2.21. The summed E-state index contributed by atoms with van der Waals surface area (Å²) in [5.74, 6) is 0.743. The van der Waals surface area contributed by atoms with Crippen molar-refractivity contribution in [3.63, 3.8) is 0 Å². The molecule has 18 heavy (non-hydrogen) atoms. The molecule has 106 valence electrons. The van der Waals surface area contributed by atoms with Crippen molar-refractivity contribution in [3.8, 4) is 0 Å². The number of likely N-dealkylation sites (tertiary alicyclic amines) is 1. The molecule has 1 aliphatic rings. The van der Waals surface area contributed by atoms with Crippen LogP contribution < -0.4 is 5.73 Å². The third-order valence-electron chi connectivity index (χ3n) is 4.23. The maximum atomic E-state index is 10.9. The molecule has 1 heterocycles. The normalized spacial score (nSPS) is 22.1. The smallest absolute Gasteiger partial charge is 0.323 e. The zero-order chi connectivity index (χ0) is 13.8. The van der Waals surface area contributed by atoms with E-state index in [9.17, 15) is 4.79 Å². The van der Waals surface area contributed by atoms with Gasteiger partial charge in [0.1, 0.15) is 5.54 Å². The summed E-state index contributed by atoms with van der Waals surface area (Å²) in [5, 5.41) is 8.94. The predicted molar refractivity (Wildman–Crippen MR) is 73.5 cm³/mol. The number of nitrogens with two attached hydrogens (primary N) is 1. The Morgan fingerprint density at radius 3 is 2.44 bits per heavy atom. The summed E-state index contributed by atoms with van der Waals surface area (Å²) in [5.41, 5.74) is 4.65. The molecule has 3 N–H and O–H groups in total. The topological polar surface area (TPSA) is 66.6 Å². The molecule has 1 aliphatic heterocycles. The number of piperidine rings is 1. The number of rotatable bonds is 6. The van der Waals surface area contributed by atoms with Gasteiger partial charge in [-0.2, -0.15) is 0 Å². The van der Waals surface area contributed by atoms with Gasteiger partial charge in [0.2, 0.25) is 0 Å².